The van der Waals surface area contributed by atoms with E-state index in [2.05, 4.69) is 31.2 Å². The third-order valence-corrected chi connectivity index (χ3v) is 4.48. The average molecular weight is 362 g/mol. The van der Waals surface area contributed by atoms with Gasteiger partial charge in [0, 0.05) is 18.2 Å². The molecule has 1 fully saturated rings. The van der Waals surface area contributed by atoms with Gasteiger partial charge in [0.2, 0.25) is 0 Å². The van der Waals surface area contributed by atoms with Crippen molar-refractivity contribution in [3.8, 4) is 11.5 Å². The first-order valence-electron chi connectivity index (χ1n) is 9.88. The summed E-state index contributed by atoms with van der Waals surface area (Å²) >= 11 is 0. The predicted molar refractivity (Wildman–Crippen MR) is 114 cm³/mol. The van der Waals surface area contributed by atoms with Gasteiger partial charge in [0.05, 0.1) is 14.2 Å². The number of ether oxygens (including phenoxy) is 2. The third-order valence-electron chi connectivity index (χ3n) is 4.48. The van der Waals surface area contributed by atoms with Gasteiger partial charge >= 0.3 is 0 Å². The lowest BCUT2D eigenvalue weighted by Gasteiger charge is -2.29. The van der Waals surface area contributed by atoms with Gasteiger partial charge in [-0.05, 0) is 50.5 Å². The van der Waals surface area contributed by atoms with Crippen molar-refractivity contribution < 1.29 is 9.47 Å². The number of rotatable bonds is 4. The Morgan fingerprint density at radius 1 is 1.15 bits per heavy atom. The molecule has 2 aliphatic carbocycles. The van der Waals surface area contributed by atoms with Gasteiger partial charge < -0.3 is 15.2 Å². The van der Waals surface area contributed by atoms with E-state index in [-0.39, 0.29) is 0 Å². The van der Waals surface area contributed by atoms with Crippen molar-refractivity contribution >= 4 is 0 Å². The van der Waals surface area contributed by atoms with Crippen molar-refractivity contribution in [2.45, 2.75) is 59.9 Å². The number of benzene rings is 1. The minimum absolute atomic E-state index is 0.479. The van der Waals surface area contributed by atoms with Gasteiger partial charge in [-0.1, -0.05) is 51.1 Å². The van der Waals surface area contributed by atoms with E-state index in [1.165, 1.54) is 19.3 Å². The molecule has 0 amide bonds. The maximum absolute atomic E-state index is 5.50. The first kappa shape index (κ1) is 24.3. The number of methoxy groups -OCH3 is 2. The molecule has 3 nitrogen and oxygen atoms in total. The minimum atomic E-state index is 0.479. The Labute approximate surface area is 161 Å². The van der Waals surface area contributed by atoms with E-state index in [1.54, 1.807) is 14.2 Å². The molecule has 0 bridgehead atoms. The van der Waals surface area contributed by atoms with Gasteiger partial charge in [-0.25, -0.2) is 0 Å². The van der Waals surface area contributed by atoms with Crippen LogP contribution in [-0.2, 0) is 6.54 Å². The number of hydrogen-bond acceptors (Lipinski definition) is 3. The van der Waals surface area contributed by atoms with Crippen LogP contribution in [0.3, 0.4) is 0 Å². The first-order valence-corrected chi connectivity index (χ1v) is 9.88. The number of allylic oxidation sites excluding steroid dienone is 4. The Morgan fingerprint density at radius 2 is 1.88 bits per heavy atom. The lowest BCUT2D eigenvalue weighted by Crippen LogP contribution is -2.18. The van der Waals surface area contributed by atoms with Crippen LogP contribution in [0.25, 0.3) is 0 Å². The second-order valence-corrected chi connectivity index (χ2v) is 6.02. The van der Waals surface area contributed by atoms with Crippen LogP contribution in [0.1, 0.15) is 58.9 Å². The summed E-state index contributed by atoms with van der Waals surface area (Å²) in [6.45, 7) is 8.64. The molecular formula is C23H39NO2. The zero-order valence-corrected chi connectivity index (χ0v) is 17.6. The van der Waals surface area contributed by atoms with Gasteiger partial charge in [0.25, 0.3) is 0 Å². The van der Waals surface area contributed by atoms with E-state index in [0.717, 1.165) is 35.3 Å². The molecule has 2 aliphatic rings. The predicted octanol–water partition coefficient (Wildman–Crippen LogP) is 6.13. The summed E-state index contributed by atoms with van der Waals surface area (Å²) in [5, 5.41) is 0. The van der Waals surface area contributed by atoms with Crippen molar-refractivity contribution in [3.63, 3.8) is 0 Å². The molecule has 0 radical (unpaired) electrons. The topological polar surface area (TPSA) is 44.5 Å². The molecular weight excluding hydrogens is 322 g/mol. The smallest absolute Gasteiger partial charge is 0.127 e. The maximum Gasteiger partial charge on any atom is 0.127 e. The maximum atomic E-state index is 5.50. The van der Waals surface area contributed by atoms with E-state index in [9.17, 15) is 0 Å². The van der Waals surface area contributed by atoms with Gasteiger partial charge in [-0.15, -0.1) is 0 Å². The molecule has 0 aliphatic heterocycles. The molecule has 1 saturated carbocycles. The molecule has 148 valence electrons. The van der Waals surface area contributed by atoms with Gasteiger partial charge in [0.15, 0.2) is 0 Å². The van der Waals surface area contributed by atoms with Crippen LogP contribution in [-0.4, -0.2) is 14.2 Å². The van der Waals surface area contributed by atoms with Crippen molar-refractivity contribution in [2.75, 3.05) is 14.2 Å². The SMILES string of the molecule is C/C=C\CC.C1=CC2CCC2C1.CC.COc1ccc(CN)c(OC)c1. The molecule has 0 heterocycles. The third kappa shape index (κ3) is 8.57. The summed E-state index contributed by atoms with van der Waals surface area (Å²) in [5.74, 6) is 3.65. The fraction of sp³-hybridized carbons (Fsp3) is 0.565. The van der Waals surface area contributed by atoms with Crippen molar-refractivity contribution in [1.29, 1.82) is 0 Å². The summed E-state index contributed by atoms with van der Waals surface area (Å²) < 4.78 is 10.2. The van der Waals surface area contributed by atoms with Crippen molar-refractivity contribution in [2.24, 2.45) is 17.6 Å². The molecule has 0 spiro atoms. The van der Waals surface area contributed by atoms with Crippen LogP contribution < -0.4 is 15.2 Å². The van der Waals surface area contributed by atoms with Gasteiger partial charge in [0.1, 0.15) is 11.5 Å². The van der Waals surface area contributed by atoms with E-state index in [0.29, 0.717) is 6.54 Å². The molecule has 1 aromatic carbocycles. The molecule has 2 N–H and O–H groups in total. The second kappa shape index (κ2) is 15.5. The Balaban J connectivity index is 0.000000378. The number of fused-ring (bicyclic) bond motifs is 1. The van der Waals surface area contributed by atoms with E-state index in [4.69, 9.17) is 15.2 Å². The summed E-state index contributed by atoms with van der Waals surface area (Å²) in [5.41, 5.74) is 6.48. The number of nitrogens with two attached hydrogens (primary N) is 1. The quantitative estimate of drug-likeness (QED) is 0.656. The van der Waals surface area contributed by atoms with Crippen LogP contribution in [0.4, 0.5) is 0 Å². The standard InChI is InChI=1S/C9H13NO2.C7H10.C5H10.C2H6/c1-11-8-4-3-7(6-10)9(5-8)12-2;1-2-6-4-5-7(6)3-1;1-3-5-4-2;1-2/h3-5H,6,10H2,1-2H3;1-2,6-7H,3-5H2;3,5H,4H2,1-2H3;1-2H3/b;;5-3-;. The second-order valence-electron chi connectivity index (χ2n) is 6.02. The Hall–Kier alpha value is -1.74. The van der Waals surface area contributed by atoms with Crippen molar-refractivity contribution in [1.82, 2.24) is 0 Å². The Bertz CT molecular complexity index is 523. The lowest BCUT2D eigenvalue weighted by atomic mass is 9.76. The normalized spacial score (nSPS) is 18.9. The largest absolute Gasteiger partial charge is 0.497 e. The highest BCUT2D eigenvalue weighted by molar-refractivity contribution is 5.40. The fourth-order valence-corrected chi connectivity index (χ4v) is 2.83. The molecule has 2 atom stereocenters. The fourth-order valence-electron chi connectivity index (χ4n) is 2.83. The highest BCUT2D eigenvalue weighted by Gasteiger charge is 2.30. The average Bonchev–Trinajstić information content (AvgIpc) is 3.02. The van der Waals surface area contributed by atoms with Gasteiger partial charge in [-0.3, -0.25) is 0 Å². The summed E-state index contributed by atoms with van der Waals surface area (Å²) in [7, 11) is 3.24. The summed E-state index contributed by atoms with van der Waals surface area (Å²) in [6.07, 6.45) is 14.4. The molecule has 3 heteroatoms. The molecule has 2 unspecified atom stereocenters. The highest BCUT2D eigenvalue weighted by atomic mass is 16.5. The molecule has 26 heavy (non-hydrogen) atoms. The van der Waals surface area contributed by atoms with Crippen LogP contribution in [0, 0.1) is 11.8 Å². The van der Waals surface area contributed by atoms with Crippen molar-refractivity contribution in [3.05, 3.63) is 48.1 Å². The monoisotopic (exact) mass is 361 g/mol. The van der Waals surface area contributed by atoms with Crippen LogP contribution >= 0.6 is 0 Å². The van der Waals surface area contributed by atoms with Crippen LogP contribution in [0.5, 0.6) is 11.5 Å². The van der Waals surface area contributed by atoms with Gasteiger partial charge in [-0.2, -0.15) is 0 Å². The summed E-state index contributed by atoms with van der Waals surface area (Å²) in [4.78, 5) is 0. The van der Waals surface area contributed by atoms with E-state index in [1.807, 2.05) is 39.0 Å². The minimum Gasteiger partial charge on any atom is -0.497 e. The zero-order valence-electron chi connectivity index (χ0n) is 17.6. The first-order chi connectivity index (χ1) is 12.7. The molecule has 0 aromatic heterocycles. The Morgan fingerprint density at radius 3 is 2.19 bits per heavy atom. The summed E-state index contributed by atoms with van der Waals surface area (Å²) in [6, 6.07) is 5.59. The number of hydrogen-bond donors (Lipinski definition) is 1. The molecule has 3 rings (SSSR count). The highest BCUT2D eigenvalue weighted by Crippen LogP contribution is 2.41. The molecule has 1 aromatic rings. The van der Waals surface area contributed by atoms with E-state index < -0.39 is 0 Å². The zero-order chi connectivity index (χ0) is 19.8. The van der Waals surface area contributed by atoms with Crippen LogP contribution in [0.2, 0.25) is 0 Å². The van der Waals surface area contributed by atoms with Crippen LogP contribution in [0.15, 0.2) is 42.5 Å². The molecule has 0 saturated heterocycles. The Kier molecular flexibility index (Phi) is 14.5. The van der Waals surface area contributed by atoms with E-state index >= 15 is 0 Å². The lowest BCUT2D eigenvalue weighted by molar-refractivity contribution is 0.249.